The first kappa shape index (κ1) is 22.9. The summed E-state index contributed by atoms with van der Waals surface area (Å²) in [5.74, 6) is 0.724. The van der Waals surface area contributed by atoms with Crippen molar-refractivity contribution >= 4 is 27.2 Å². The standard InChI is InChI=1S/C23H23N7O4S/c31-30(32)19-5-2-6-20(14-19)35(33,34)28-12-10-24-8-9-25-22-7-11-29-23(27-22)21(15-26-29)18-4-1-3-17(13-18)16-28/h1-7,11,13-15,24H,8-10,12,16H2,(H,25,27). The van der Waals surface area contributed by atoms with E-state index in [1.54, 1.807) is 10.7 Å². The molecule has 12 heteroatoms. The first-order valence-electron chi connectivity index (χ1n) is 11.0. The first-order valence-corrected chi connectivity index (χ1v) is 12.5. The molecule has 0 fully saturated rings. The van der Waals surface area contributed by atoms with Gasteiger partial charge in [-0.2, -0.15) is 9.40 Å². The number of anilines is 1. The highest BCUT2D eigenvalue weighted by molar-refractivity contribution is 7.89. The van der Waals surface area contributed by atoms with E-state index in [9.17, 15) is 18.5 Å². The van der Waals surface area contributed by atoms with Gasteiger partial charge in [0.1, 0.15) is 5.82 Å². The van der Waals surface area contributed by atoms with E-state index in [2.05, 4.69) is 15.7 Å². The molecule has 2 aromatic heterocycles. The van der Waals surface area contributed by atoms with Gasteiger partial charge in [-0.1, -0.05) is 24.3 Å². The zero-order valence-electron chi connectivity index (χ0n) is 18.7. The number of nitrogens with zero attached hydrogens (tertiary/aromatic N) is 5. The van der Waals surface area contributed by atoms with Gasteiger partial charge < -0.3 is 10.6 Å². The molecule has 11 nitrogen and oxygen atoms in total. The fraction of sp³-hybridized carbons (Fsp3) is 0.217. The molecule has 0 atom stereocenters. The van der Waals surface area contributed by atoms with E-state index in [0.717, 1.165) is 28.6 Å². The van der Waals surface area contributed by atoms with E-state index in [1.807, 2.05) is 36.5 Å². The van der Waals surface area contributed by atoms with Crippen molar-refractivity contribution in [1.82, 2.24) is 24.2 Å². The van der Waals surface area contributed by atoms with Crippen molar-refractivity contribution in [2.75, 3.05) is 31.5 Å². The predicted octanol–water partition coefficient (Wildman–Crippen LogP) is 2.51. The Kier molecular flexibility index (Phi) is 6.16. The molecule has 0 amide bonds. The molecule has 2 N–H and O–H groups in total. The molecule has 0 radical (unpaired) electrons. The van der Waals surface area contributed by atoms with Crippen LogP contribution >= 0.6 is 0 Å². The average molecular weight is 494 g/mol. The molecule has 4 bridgehead atoms. The number of rotatable bonds is 3. The van der Waals surface area contributed by atoms with Crippen LogP contribution in [0.4, 0.5) is 11.5 Å². The van der Waals surface area contributed by atoms with Gasteiger partial charge in [-0.15, -0.1) is 0 Å². The molecule has 1 aliphatic rings. The molecule has 0 spiro atoms. The van der Waals surface area contributed by atoms with E-state index in [-0.39, 0.29) is 23.7 Å². The maximum atomic E-state index is 13.5. The molecule has 35 heavy (non-hydrogen) atoms. The van der Waals surface area contributed by atoms with E-state index in [0.29, 0.717) is 25.3 Å². The Morgan fingerprint density at radius 3 is 2.74 bits per heavy atom. The summed E-state index contributed by atoms with van der Waals surface area (Å²) in [7, 11) is -3.99. The second-order valence-corrected chi connectivity index (χ2v) is 10.0. The van der Waals surface area contributed by atoms with Crippen molar-refractivity contribution in [3.63, 3.8) is 0 Å². The highest BCUT2D eigenvalue weighted by atomic mass is 32.2. The molecule has 4 aromatic rings. The summed E-state index contributed by atoms with van der Waals surface area (Å²) in [4.78, 5) is 15.2. The third-order valence-electron chi connectivity index (χ3n) is 5.78. The van der Waals surface area contributed by atoms with Gasteiger partial charge in [0.2, 0.25) is 10.0 Å². The normalized spacial score (nSPS) is 15.3. The van der Waals surface area contributed by atoms with Gasteiger partial charge in [0, 0.05) is 56.6 Å². The van der Waals surface area contributed by atoms with Crippen LogP contribution < -0.4 is 10.6 Å². The van der Waals surface area contributed by atoms with E-state index < -0.39 is 14.9 Å². The van der Waals surface area contributed by atoms with Gasteiger partial charge >= 0.3 is 0 Å². The predicted molar refractivity (Wildman–Crippen MR) is 130 cm³/mol. The van der Waals surface area contributed by atoms with E-state index in [4.69, 9.17) is 4.98 Å². The molecule has 5 rings (SSSR count). The maximum absolute atomic E-state index is 13.5. The lowest BCUT2D eigenvalue weighted by Gasteiger charge is -2.23. The number of non-ortho nitro benzene ring substituents is 1. The number of benzene rings is 2. The van der Waals surface area contributed by atoms with Gasteiger partial charge in [0.15, 0.2) is 5.65 Å². The van der Waals surface area contributed by atoms with Crippen molar-refractivity contribution in [3.05, 3.63) is 82.7 Å². The quantitative estimate of drug-likeness (QED) is 0.328. The van der Waals surface area contributed by atoms with Crippen molar-refractivity contribution in [2.45, 2.75) is 11.4 Å². The van der Waals surface area contributed by atoms with E-state index >= 15 is 0 Å². The number of nitro groups is 1. The Morgan fingerprint density at radius 1 is 1.03 bits per heavy atom. The van der Waals surface area contributed by atoms with Crippen LogP contribution in [-0.4, -0.2) is 58.4 Å². The highest BCUT2D eigenvalue weighted by Gasteiger charge is 2.26. The topological polar surface area (TPSA) is 135 Å². The highest BCUT2D eigenvalue weighted by Crippen LogP contribution is 2.27. The smallest absolute Gasteiger partial charge is 0.270 e. The lowest BCUT2D eigenvalue weighted by Crippen LogP contribution is -2.37. The molecule has 0 aliphatic carbocycles. The summed E-state index contributed by atoms with van der Waals surface area (Å²) in [5, 5.41) is 22.1. The number of hydrogen-bond donors (Lipinski definition) is 2. The molecule has 0 saturated heterocycles. The van der Waals surface area contributed by atoms with Crippen LogP contribution in [0.3, 0.4) is 0 Å². The van der Waals surface area contributed by atoms with Crippen LogP contribution in [-0.2, 0) is 16.6 Å². The second kappa shape index (κ2) is 9.41. The van der Waals surface area contributed by atoms with Gasteiger partial charge in [0.05, 0.1) is 16.0 Å². The fourth-order valence-electron chi connectivity index (χ4n) is 4.01. The number of fused-ring (bicyclic) bond motifs is 4. The van der Waals surface area contributed by atoms with Gasteiger partial charge in [-0.05, 0) is 29.3 Å². The zero-order valence-corrected chi connectivity index (χ0v) is 19.5. The van der Waals surface area contributed by atoms with Crippen molar-refractivity contribution in [1.29, 1.82) is 0 Å². The number of sulfonamides is 1. The van der Waals surface area contributed by atoms with Gasteiger partial charge in [-0.25, -0.2) is 17.9 Å². The van der Waals surface area contributed by atoms with E-state index in [1.165, 1.54) is 22.5 Å². The number of nitro benzene ring substituents is 1. The average Bonchev–Trinajstić information content (AvgIpc) is 3.28. The molecule has 3 heterocycles. The molecular weight excluding hydrogens is 470 g/mol. The van der Waals surface area contributed by atoms with Crippen LogP contribution in [0.1, 0.15) is 5.56 Å². The summed E-state index contributed by atoms with van der Waals surface area (Å²) in [5.41, 5.74) is 2.89. The fourth-order valence-corrected chi connectivity index (χ4v) is 5.48. The second-order valence-electron chi connectivity index (χ2n) is 8.11. The molecule has 0 unspecified atom stereocenters. The maximum Gasteiger partial charge on any atom is 0.270 e. The third kappa shape index (κ3) is 4.71. The first-order chi connectivity index (χ1) is 16.9. The Labute approximate surface area is 201 Å². The summed E-state index contributed by atoms with van der Waals surface area (Å²) < 4.78 is 30.1. The van der Waals surface area contributed by atoms with Crippen molar-refractivity contribution in [3.8, 4) is 11.1 Å². The van der Waals surface area contributed by atoms with Gasteiger partial charge in [-0.3, -0.25) is 10.1 Å². The summed E-state index contributed by atoms with van der Waals surface area (Å²) in [6.07, 6.45) is 3.58. The lowest BCUT2D eigenvalue weighted by atomic mass is 10.1. The summed E-state index contributed by atoms with van der Waals surface area (Å²) in [6, 6.07) is 14.6. The van der Waals surface area contributed by atoms with Crippen LogP contribution in [0.2, 0.25) is 0 Å². The third-order valence-corrected chi connectivity index (χ3v) is 7.62. The summed E-state index contributed by atoms with van der Waals surface area (Å²) >= 11 is 0. The van der Waals surface area contributed by atoms with Crippen molar-refractivity contribution < 1.29 is 13.3 Å². The minimum atomic E-state index is -3.99. The lowest BCUT2D eigenvalue weighted by molar-refractivity contribution is -0.385. The summed E-state index contributed by atoms with van der Waals surface area (Å²) in [6.45, 7) is 1.90. The van der Waals surface area contributed by atoms with Crippen LogP contribution in [0.5, 0.6) is 0 Å². The zero-order chi connectivity index (χ0) is 24.4. The minimum absolute atomic E-state index is 0.108. The van der Waals surface area contributed by atoms with Gasteiger partial charge in [0.25, 0.3) is 5.69 Å². The number of aromatic nitrogens is 3. The Bertz CT molecular complexity index is 1500. The molecular formula is C23H23N7O4S. The molecule has 0 saturated carbocycles. The number of nitrogens with one attached hydrogen (secondary N) is 2. The van der Waals surface area contributed by atoms with Crippen LogP contribution in [0.25, 0.3) is 16.8 Å². The Morgan fingerprint density at radius 2 is 1.89 bits per heavy atom. The van der Waals surface area contributed by atoms with Crippen LogP contribution in [0, 0.1) is 10.1 Å². The molecule has 180 valence electrons. The SMILES string of the molecule is O=[N+]([O-])c1cccc(S(=O)(=O)N2CCNCCNc3ccn4ncc(c4n3)-c3cccc(c3)C2)c1. The Hall–Kier alpha value is -3.87. The minimum Gasteiger partial charge on any atom is -0.369 e. The van der Waals surface area contributed by atoms with Crippen molar-refractivity contribution in [2.24, 2.45) is 0 Å². The number of hydrogen-bond acceptors (Lipinski definition) is 8. The monoisotopic (exact) mass is 493 g/mol. The Balaban J connectivity index is 1.55. The molecule has 1 aliphatic heterocycles. The molecule has 2 aromatic carbocycles. The van der Waals surface area contributed by atoms with Crippen LogP contribution in [0.15, 0.2) is 71.9 Å². The largest absolute Gasteiger partial charge is 0.369 e.